The first kappa shape index (κ1) is 15.3. The molecule has 0 aliphatic heterocycles. The zero-order valence-corrected chi connectivity index (χ0v) is 9.27. The minimum Gasteiger partial charge on any atom is -0.481 e. The molecule has 1 N–H and O–H groups in total. The van der Waals surface area contributed by atoms with Gasteiger partial charge in [-0.15, -0.1) is 0 Å². The lowest BCUT2D eigenvalue weighted by atomic mass is 9.99. The van der Waals surface area contributed by atoms with Gasteiger partial charge in [-0.05, 0) is 24.1 Å². The fraction of sp³-hybridized carbons (Fsp3) is 0.364. The first-order chi connectivity index (χ1) is 8.51. The van der Waals surface area contributed by atoms with Crippen molar-refractivity contribution < 1.29 is 36.2 Å². The molecule has 8 heteroatoms. The Morgan fingerprint density at radius 2 is 1.63 bits per heavy atom. The number of carbonyl (C=O) groups is 1. The lowest BCUT2D eigenvalue weighted by molar-refractivity contribution is -0.144. The summed E-state index contributed by atoms with van der Waals surface area (Å²) >= 11 is 0. The van der Waals surface area contributed by atoms with Crippen LogP contribution in [0.3, 0.4) is 0 Å². The van der Waals surface area contributed by atoms with Gasteiger partial charge >= 0.3 is 18.3 Å². The molecule has 0 saturated heterocycles. The van der Waals surface area contributed by atoms with Gasteiger partial charge in [0.05, 0.1) is 11.1 Å². The van der Waals surface area contributed by atoms with E-state index in [-0.39, 0.29) is 6.07 Å². The van der Waals surface area contributed by atoms with E-state index in [0.29, 0.717) is 12.1 Å². The Morgan fingerprint density at radius 1 is 1.05 bits per heavy atom. The fourth-order valence-corrected chi connectivity index (χ4v) is 1.48. The van der Waals surface area contributed by atoms with Crippen molar-refractivity contribution in [1.29, 1.82) is 0 Å². The minimum atomic E-state index is -4.96. The summed E-state index contributed by atoms with van der Waals surface area (Å²) in [5.74, 6) is -1.33. The van der Waals surface area contributed by atoms with Gasteiger partial charge in [-0.25, -0.2) is 0 Å². The van der Waals surface area contributed by atoms with Gasteiger partial charge in [0.1, 0.15) is 0 Å². The third-order valence-electron chi connectivity index (χ3n) is 2.35. The molecule has 0 aliphatic rings. The predicted molar refractivity (Wildman–Crippen MR) is 52.4 cm³/mol. The maximum Gasteiger partial charge on any atom is 0.416 e. The van der Waals surface area contributed by atoms with Crippen LogP contribution in [0.4, 0.5) is 26.3 Å². The standard InChI is InChI=1S/C11H8F6O2/c12-10(13,14)7-3-1-6(2-4-9(18)19)8(5-7)11(15,16)17/h1,3,5H,2,4H2,(H,18,19). The first-order valence-corrected chi connectivity index (χ1v) is 5.01. The van der Waals surface area contributed by atoms with Crippen LogP contribution in [0.15, 0.2) is 18.2 Å². The number of halogens is 6. The highest BCUT2D eigenvalue weighted by molar-refractivity contribution is 5.67. The number of carboxylic acid groups (broad SMARTS) is 1. The zero-order chi connectivity index (χ0) is 14.8. The molecule has 1 aromatic rings. The van der Waals surface area contributed by atoms with Crippen LogP contribution < -0.4 is 0 Å². The van der Waals surface area contributed by atoms with E-state index >= 15 is 0 Å². The monoisotopic (exact) mass is 286 g/mol. The molecule has 0 heterocycles. The van der Waals surface area contributed by atoms with Gasteiger partial charge in [-0.1, -0.05) is 6.07 Å². The topological polar surface area (TPSA) is 37.3 Å². The van der Waals surface area contributed by atoms with Crippen LogP contribution in [0.2, 0.25) is 0 Å². The number of hydrogen-bond acceptors (Lipinski definition) is 1. The second kappa shape index (κ2) is 5.10. The fourth-order valence-electron chi connectivity index (χ4n) is 1.48. The average molecular weight is 286 g/mol. The highest BCUT2D eigenvalue weighted by Gasteiger charge is 2.37. The average Bonchev–Trinajstić information content (AvgIpc) is 2.23. The molecule has 0 aliphatic carbocycles. The minimum absolute atomic E-state index is 0.00279. The maximum absolute atomic E-state index is 12.6. The van der Waals surface area contributed by atoms with Gasteiger partial charge in [0, 0.05) is 6.42 Å². The van der Waals surface area contributed by atoms with Crippen molar-refractivity contribution in [1.82, 2.24) is 0 Å². The van der Waals surface area contributed by atoms with Gasteiger partial charge in [0.2, 0.25) is 0 Å². The van der Waals surface area contributed by atoms with Crippen LogP contribution >= 0.6 is 0 Å². The Hall–Kier alpha value is -1.73. The lowest BCUT2D eigenvalue weighted by Gasteiger charge is -2.15. The Labute approximate surface area is 103 Å². The number of rotatable bonds is 3. The van der Waals surface area contributed by atoms with E-state index in [2.05, 4.69) is 0 Å². The zero-order valence-electron chi connectivity index (χ0n) is 9.27. The Balaban J connectivity index is 3.22. The molecular weight excluding hydrogens is 278 g/mol. The molecule has 106 valence electrons. The molecule has 0 saturated carbocycles. The summed E-state index contributed by atoms with van der Waals surface area (Å²) in [6.07, 6.45) is -10.9. The van der Waals surface area contributed by atoms with E-state index in [1.807, 2.05) is 0 Å². The van der Waals surface area contributed by atoms with Gasteiger partial charge in [0.15, 0.2) is 0 Å². The number of aliphatic carboxylic acids is 1. The molecule has 0 atom stereocenters. The second-order valence-corrected chi connectivity index (χ2v) is 3.76. The van der Waals surface area contributed by atoms with Crippen LogP contribution in [0.25, 0.3) is 0 Å². The van der Waals surface area contributed by atoms with E-state index in [4.69, 9.17) is 5.11 Å². The molecule has 1 aromatic carbocycles. The smallest absolute Gasteiger partial charge is 0.416 e. The molecule has 0 fully saturated rings. The number of aryl methyl sites for hydroxylation is 1. The van der Waals surface area contributed by atoms with E-state index in [1.54, 1.807) is 0 Å². The van der Waals surface area contributed by atoms with Crippen LogP contribution in [0, 0.1) is 0 Å². The molecular formula is C11H8F6O2. The molecule has 1 rings (SSSR count). The summed E-state index contributed by atoms with van der Waals surface area (Å²) in [4.78, 5) is 10.3. The van der Waals surface area contributed by atoms with Crippen LogP contribution in [-0.2, 0) is 23.6 Å². The number of benzene rings is 1. The van der Waals surface area contributed by atoms with Gasteiger partial charge in [-0.2, -0.15) is 26.3 Å². The number of carboxylic acids is 1. The van der Waals surface area contributed by atoms with Crippen molar-refractivity contribution in [2.45, 2.75) is 25.2 Å². The molecule has 19 heavy (non-hydrogen) atoms. The number of hydrogen-bond donors (Lipinski definition) is 1. The molecule has 0 aromatic heterocycles. The second-order valence-electron chi connectivity index (χ2n) is 3.76. The third kappa shape index (κ3) is 4.15. The highest BCUT2D eigenvalue weighted by Crippen LogP contribution is 2.37. The van der Waals surface area contributed by atoms with Crippen LogP contribution in [0.1, 0.15) is 23.1 Å². The van der Waals surface area contributed by atoms with Crippen molar-refractivity contribution in [2.75, 3.05) is 0 Å². The molecule has 0 amide bonds. The normalized spacial score (nSPS) is 12.5. The highest BCUT2D eigenvalue weighted by atomic mass is 19.4. The summed E-state index contributed by atoms with van der Waals surface area (Å²) in [6.45, 7) is 0. The first-order valence-electron chi connectivity index (χ1n) is 5.01. The van der Waals surface area contributed by atoms with Crippen LogP contribution in [-0.4, -0.2) is 11.1 Å². The Morgan fingerprint density at radius 3 is 2.05 bits per heavy atom. The largest absolute Gasteiger partial charge is 0.481 e. The van der Waals surface area contributed by atoms with E-state index in [1.165, 1.54) is 0 Å². The number of alkyl halides is 6. The Kier molecular flexibility index (Phi) is 4.12. The summed E-state index contributed by atoms with van der Waals surface area (Å²) in [6, 6.07) is 1.16. The summed E-state index contributed by atoms with van der Waals surface area (Å²) in [5, 5.41) is 8.39. The van der Waals surface area contributed by atoms with Crippen LogP contribution in [0.5, 0.6) is 0 Å². The van der Waals surface area contributed by atoms with Gasteiger partial charge < -0.3 is 5.11 Å². The van der Waals surface area contributed by atoms with E-state index < -0.39 is 47.9 Å². The van der Waals surface area contributed by atoms with Crippen molar-refractivity contribution in [3.63, 3.8) is 0 Å². The third-order valence-corrected chi connectivity index (χ3v) is 2.35. The van der Waals surface area contributed by atoms with Crippen molar-refractivity contribution >= 4 is 5.97 Å². The molecule has 0 unspecified atom stereocenters. The molecule has 0 spiro atoms. The maximum atomic E-state index is 12.6. The van der Waals surface area contributed by atoms with Gasteiger partial charge in [-0.3, -0.25) is 4.79 Å². The molecule has 2 nitrogen and oxygen atoms in total. The molecule has 0 bridgehead atoms. The summed E-state index contributed by atoms with van der Waals surface area (Å²) in [7, 11) is 0. The van der Waals surface area contributed by atoms with Crippen molar-refractivity contribution in [3.05, 3.63) is 34.9 Å². The lowest BCUT2D eigenvalue weighted by Crippen LogP contribution is -2.14. The van der Waals surface area contributed by atoms with E-state index in [0.717, 1.165) is 0 Å². The van der Waals surface area contributed by atoms with Gasteiger partial charge in [0.25, 0.3) is 0 Å². The van der Waals surface area contributed by atoms with Crippen molar-refractivity contribution in [3.8, 4) is 0 Å². The molecule has 0 radical (unpaired) electrons. The Bertz CT molecular complexity index is 475. The quantitative estimate of drug-likeness (QED) is 0.859. The summed E-state index contributed by atoms with van der Waals surface area (Å²) < 4.78 is 74.9. The summed E-state index contributed by atoms with van der Waals surface area (Å²) in [5.41, 5.74) is -3.34. The van der Waals surface area contributed by atoms with E-state index in [9.17, 15) is 31.1 Å². The SMILES string of the molecule is O=C(O)CCc1ccc(C(F)(F)F)cc1C(F)(F)F. The predicted octanol–water partition coefficient (Wildman–Crippen LogP) is 3.74. The van der Waals surface area contributed by atoms with Crippen molar-refractivity contribution in [2.24, 2.45) is 0 Å².